The molecule has 4 heteroatoms. The summed E-state index contributed by atoms with van der Waals surface area (Å²) in [6.07, 6.45) is 4.30. The lowest BCUT2D eigenvalue weighted by Crippen LogP contribution is -2.27. The van der Waals surface area contributed by atoms with Gasteiger partial charge in [-0.15, -0.1) is 0 Å². The second-order valence-electron chi connectivity index (χ2n) is 5.14. The first-order valence-corrected chi connectivity index (χ1v) is 6.90. The van der Waals surface area contributed by atoms with Crippen molar-refractivity contribution in [3.8, 4) is 0 Å². The lowest BCUT2D eigenvalue weighted by Gasteiger charge is -2.14. The second kappa shape index (κ2) is 5.53. The molecule has 1 aromatic heterocycles. The van der Waals surface area contributed by atoms with Gasteiger partial charge in [0.1, 0.15) is 0 Å². The zero-order chi connectivity index (χ0) is 13.1. The van der Waals surface area contributed by atoms with Crippen LogP contribution in [0.25, 0.3) is 0 Å². The number of nitrogens with one attached hydrogen (secondary N) is 1. The van der Waals surface area contributed by atoms with Crippen molar-refractivity contribution in [1.82, 2.24) is 15.5 Å². The van der Waals surface area contributed by atoms with Crippen molar-refractivity contribution in [2.45, 2.75) is 37.6 Å². The normalized spacial score (nSPS) is 22.8. The third-order valence-corrected chi connectivity index (χ3v) is 3.89. The highest BCUT2D eigenvalue weighted by Gasteiger charge is 2.31. The molecule has 0 radical (unpaired) electrons. The van der Waals surface area contributed by atoms with E-state index in [0.717, 1.165) is 24.6 Å². The number of nitrogens with zero attached hydrogens (tertiary/aromatic N) is 2. The van der Waals surface area contributed by atoms with Gasteiger partial charge >= 0.3 is 0 Å². The Morgan fingerprint density at radius 1 is 1.26 bits per heavy atom. The summed E-state index contributed by atoms with van der Waals surface area (Å²) in [4.78, 5) is 4.57. The molecule has 2 atom stereocenters. The summed E-state index contributed by atoms with van der Waals surface area (Å²) in [5, 5.41) is 7.45. The molecule has 0 bridgehead atoms. The molecule has 1 aliphatic rings. The molecular formula is C15H19N3O. The van der Waals surface area contributed by atoms with Gasteiger partial charge in [0.05, 0.1) is 5.92 Å². The minimum absolute atomic E-state index is 0.377. The van der Waals surface area contributed by atoms with Crippen LogP contribution in [0.15, 0.2) is 34.9 Å². The Morgan fingerprint density at radius 2 is 2.11 bits per heavy atom. The van der Waals surface area contributed by atoms with Crippen molar-refractivity contribution in [1.29, 1.82) is 0 Å². The van der Waals surface area contributed by atoms with E-state index >= 15 is 0 Å². The molecule has 0 aliphatic heterocycles. The van der Waals surface area contributed by atoms with Crippen molar-refractivity contribution in [2.75, 3.05) is 7.05 Å². The molecule has 1 aromatic carbocycles. The highest BCUT2D eigenvalue weighted by atomic mass is 16.5. The van der Waals surface area contributed by atoms with E-state index in [1.807, 2.05) is 25.2 Å². The molecule has 3 rings (SSSR count). The molecule has 1 fully saturated rings. The van der Waals surface area contributed by atoms with E-state index in [1.54, 1.807) is 0 Å². The van der Waals surface area contributed by atoms with Crippen LogP contribution in [0.2, 0.25) is 0 Å². The predicted octanol–water partition coefficient (Wildman–Crippen LogP) is 2.52. The monoisotopic (exact) mass is 257 g/mol. The van der Waals surface area contributed by atoms with Gasteiger partial charge in [0, 0.05) is 12.5 Å². The van der Waals surface area contributed by atoms with Crippen LogP contribution < -0.4 is 5.32 Å². The summed E-state index contributed by atoms with van der Waals surface area (Å²) < 4.78 is 5.45. The van der Waals surface area contributed by atoms with Crippen LogP contribution in [0.3, 0.4) is 0 Å². The Bertz CT molecular complexity index is 523. The lowest BCUT2D eigenvalue weighted by molar-refractivity contribution is 0.332. The average molecular weight is 257 g/mol. The summed E-state index contributed by atoms with van der Waals surface area (Å²) in [5.41, 5.74) is 1.21. The van der Waals surface area contributed by atoms with Crippen molar-refractivity contribution in [2.24, 2.45) is 0 Å². The number of hydrogen-bond acceptors (Lipinski definition) is 4. The molecule has 1 N–H and O–H groups in total. The predicted molar refractivity (Wildman–Crippen MR) is 73.0 cm³/mol. The maximum atomic E-state index is 5.45. The first-order valence-electron chi connectivity index (χ1n) is 6.90. The fourth-order valence-electron chi connectivity index (χ4n) is 2.87. The summed E-state index contributed by atoms with van der Waals surface area (Å²) in [7, 11) is 2.00. The largest absolute Gasteiger partial charge is 0.339 e. The molecule has 2 unspecified atom stereocenters. The molecule has 0 spiro atoms. The van der Waals surface area contributed by atoms with Crippen LogP contribution in [-0.4, -0.2) is 23.2 Å². The van der Waals surface area contributed by atoms with Gasteiger partial charge in [0.2, 0.25) is 5.89 Å². The topological polar surface area (TPSA) is 51.0 Å². The minimum atomic E-state index is 0.377. The number of likely N-dealkylation sites (N-methyl/N-ethyl adjacent to an activating group) is 1. The summed E-state index contributed by atoms with van der Waals surface area (Å²) in [6.45, 7) is 0. The molecule has 100 valence electrons. The van der Waals surface area contributed by atoms with Crippen LogP contribution in [0.4, 0.5) is 0 Å². The van der Waals surface area contributed by atoms with E-state index in [1.165, 1.54) is 18.4 Å². The minimum Gasteiger partial charge on any atom is -0.339 e. The van der Waals surface area contributed by atoms with Gasteiger partial charge in [-0.2, -0.15) is 4.98 Å². The fraction of sp³-hybridized carbons (Fsp3) is 0.467. The molecular weight excluding hydrogens is 238 g/mol. The highest BCUT2D eigenvalue weighted by molar-refractivity contribution is 5.18. The lowest BCUT2D eigenvalue weighted by atomic mass is 10.0. The van der Waals surface area contributed by atoms with Crippen LogP contribution in [0, 0.1) is 0 Å². The van der Waals surface area contributed by atoms with Crippen molar-refractivity contribution in [3.05, 3.63) is 47.6 Å². The molecule has 0 saturated heterocycles. The standard InChI is InChI=1S/C15H19N3O/c1-16-13-9-5-8-12(13)15-17-14(18-19-15)10-11-6-3-2-4-7-11/h2-4,6-7,12-13,16H,5,8-10H2,1H3. The zero-order valence-electron chi connectivity index (χ0n) is 11.2. The Labute approximate surface area is 113 Å². The van der Waals surface area contributed by atoms with E-state index in [0.29, 0.717) is 12.0 Å². The second-order valence-corrected chi connectivity index (χ2v) is 5.14. The van der Waals surface area contributed by atoms with Crippen LogP contribution in [-0.2, 0) is 6.42 Å². The first-order chi connectivity index (χ1) is 9.36. The number of hydrogen-bond donors (Lipinski definition) is 1. The molecule has 4 nitrogen and oxygen atoms in total. The number of benzene rings is 1. The van der Waals surface area contributed by atoms with Gasteiger partial charge in [-0.3, -0.25) is 0 Å². The van der Waals surface area contributed by atoms with Crippen LogP contribution in [0.5, 0.6) is 0 Å². The summed E-state index contributed by atoms with van der Waals surface area (Å²) in [5.74, 6) is 1.95. The Morgan fingerprint density at radius 3 is 2.89 bits per heavy atom. The van der Waals surface area contributed by atoms with Crippen LogP contribution in [0.1, 0.15) is 42.5 Å². The molecule has 0 amide bonds. The summed E-state index contributed by atoms with van der Waals surface area (Å²) in [6, 6.07) is 10.7. The average Bonchev–Trinajstić information content (AvgIpc) is 3.07. The quantitative estimate of drug-likeness (QED) is 0.914. The van der Waals surface area contributed by atoms with Crippen molar-refractivity contribution < 1.29 is 4.52 Å². The molecule has 19 heavy (non-hydrogen) atoms. The molecule has 2 aromatic rings. The highest BCUT2D eigenvalue weighted by Crippen LogP contribution is 2.33. The van der Waals surface area contributed by atoms with E-state index in [4.69, 9.17) is 4.52 Å². The van der Waals surface area contributed by atoms with E-state index in [-0.39, 0.29) is 0 Å². The van der Waals surface area contributed by atoms with Gasteiger partial charge in [-0.05, 0) is 25.5 Å². The zero-order valence-corrected chi connectivity index (χ0v) is 11.2. The molecule has 1 aliphatic carbocycles. The van der Waals surface area contributed by atoms with Gasteiger partial charge in [0.25, 0.3) is 0 Å². The first kappa shape index (κ1) is 12.4. The fourth-order valence-corrected chi connectivity index (χ4v) is 2.87. The van der Waals surface area contributed by atoms with E-state index in [9.17, 15) is 0 Å². The van der Waals surface area contributed by atoms with Crippen LogP contribution >= 0.6 is 0 Å². The van der Waals surface area contributed by atoms with Gasteiger partial charge in [-0.25, -0.2) is 0 Å². The third kappa shape index (κ3) is 2.68. The van der Waals surface area contributed by atoms with E-state index < -0.39 is 0 Å². The van der Waals surface area contributed by atoms with Gasteiger partial charge in [0.15, 0.2) is 5.82 Å². The summed E-state index contributed by atoms with van der Waals surface area (Å²) >= 11 is 0. The number of aromatic nitrogens is 2. The van der Waals surface area contributed by atoms with E-state index in [2.05, 4.69) is 27.6 Å². The maximum Gasteiger partial charge on any atom is 0.231 e. The SMILES string of the molecule is CNC1CCCC1c1nc(Cc2ccccc2)no1. The third-order valence-electron chi connectivity index (χ3n) is 3.89. The Balaban J connectivity index is 1.73. The maximum absolute atomic E-state index is 5.45. The van der Waals surface area contributed by atoms with Gasteiger partial charge < -0.3 is 9.84 Å². The number of rotatable bonds is 4. The Hall–Kier alpha value is -1.68. The molecule has 1 heterocycles. The van der Waals surface area contributed by atoms with Crippen molar-refractivity contribution in [3.63, 3.8) is 0 Å². The molecule has 1 saturated carbocycles. The smallest absolute Gasteiger partial charge is 0.231 e. The van der Waals surface area contributed by atoms with Gasteiger partial charge in [-0.1, -0.05) is 41.9 Å². The van der Waals surface area contributed by atoms with Crippen molar-refractivity contribution >= 4 is 0 Å². The Kier molecular flexibility index (Phi) is 3.60.